The fourth-order valence-corrected chi connectivity index (χ4v) is 3.47. The van der Waals surface area contributed by atoms with Crippen molar-refractivity contribution in [3.63, 3.8) is 0 Å². The molecule has 3 nitrogen and oxygen atoms in total. The summed E-state index contributed by atoms with van der Waals surface area (Å²) in [4.78, 5) is 0. The third kappa shape index (κ3) is 2.13. The van der Waals surface area contributed by atoms with Crippen LogP contribution < -0.4 is 5.30 Å². The van der Waals surface area contributed by atoms with Gasteiger partial charge in [0.1, 0.15) is 0 Å². The van der Waals surface area contributed by atoms with Gasteiger partial charge in [-0.05, 0) is 23.3 Å². The van der Waals surface area contributed by atoms with Crippen molar-refractivity contribution in [1.82, 2.24) is 0 Å². The van der Waals surface area contributed by atoms with Gasteiger partial charge in [0.25, 0.3) is 0 Å². The van der Waals surface area contributed by atoms with Crippen LogP contribution in [0.25, 0.3) is 0 Å². The highest BCUT2D eigenvalue weighted by molar-refractivity contribution is 7.62. The van der Waals surface area contributed by atoms with Gasteiger partial charge in [0.2, 0.25) is 0 Å². The Bertz CT molecular complexity index is 564. The summed E-state index contributed by atoms with van der Waals surface area (Å²) in [6.45, 7) is 0.644. The summed E-state index contributed by atoms with van der Waals surface area (Å²) in [5.74, 6) is 0. The Balaban J connectivity index is 1.93. The highest BCUT2D eigenvalue weighted by Gasteiger charge is 2.30. The van der Waals surface area contributed by atoms with Crippen molar-refractivity contribution in [2.75, 3.05) is 0 Å². The normalized spacial score (nSPS) is 17.8. The molecular weight excluding hydrogens is 247 g/mol. The van der Waals surface area contributed by atoms with Crippen molar-refractivity contribution in [3.05, 3.63) is 65.7 Å². The Morgan fingerprint density at radius 3 is 1.83 bits per heavy atom. The summed E-state index contributed by atoms with van der Waals surface area (Å²) >= 11 is 0. The molecule has 1 heterocycles. The van der Waals surface area contributed by atoms with Gasteiger partial charge in [-0.2, -0.15) is 0 Å². The molecule has 0 saturated carbocycles. The second-order valence-electron chi connectivity index (χ2n) is 4.15. The molecule has 0 fully saturated rings. The van der Waals surface area contributed by atoms with E-state index in [9.17, 15) is 4.57 Å². The second-order valence-corrected chi connectivity index (χ2v) is 6.18. The van der Waals surface area contributed by atoms with E-state index in [0.717, 1.165) is 11.1 Å². The lowest BCUT2D eigenvalue weighted by molar-refractivity contribution is 0.216. The first-order valence-corrected chi connectivity index (χ1v) is 7.34. The smallest absolute Gasteiger partial charge is 0.300 e. The summed E-state index contributed by atoms with van der Waals surface area (Å²) in [5, 5.41) is 0.609. The molecular formula is C14H13O3P. The summed E-state index contributed by atoms with van der Waals surface area (Å²) in [6.07, 6.45) is 0. The molecule has 0 saturated heterocycles. The van der Waals surface area contributed by atoms with E-state index in [1.54, 1.807) is 12.1 Å². The van der Waals surface area contributed by atoms with Crippen LogP contribution in [0.2, 0.25) is 0 Å². The molecule has 0 aromatic heterocycles. The Hall–Kier alpha value is -1.41. The Labute approximate surface area is 106 Å². The molecule has 0 N–H and O–H groups in total. The van der Waals surface area contributed by atoms with Gasteiger partial charge in [-0.1, -0.05) is 42.5 Å². The lowest BCUT2D eigenvalue weighted by atomic mass is 10.1. The van der Waals surface area contributed by atoms with Gasteiger partial charge in [-0.25, -0.2) is 0 Å². The molecule has 0 aliphatic carbocycles. The van der Waals surface area contributed by atoms with E-state index in [1.807, 2.05) is 42.5 Å². The van der Waals surface area contributed by atoms with E-state index in [4.69, 9.17) is 9.05 Å². The van der Waals surface area contributed by atoms with Gasteiger partial charge >= 0.3 is 7.60 Å². The molecule has 0 radical (unpaired) electrons. The van der Waals surface area contributed by atoms with Gasteiger partial charge in [0, 0.05) is 0 Å². The maximum atomic E-state index is 12.7. The van der Waals surface area contributed by atoms with E-state index in [-0.39, 0.29) is 0 Å². The van der Waals surface area contributed by atoms with Crippen LogP contribution >= 0.6 is 7.60 Å². The molecule has 2 aromatic carbocycles. The first kappa shape index (κ1) is 11.7. The number of hydrogen-bond donors (Lipinski definition) is 0. The third-order valence-corrected chi connectivity index (χ3v) is 4.84. The van der Waals surface area contributed by atoms with E-state index in [0.29, 0.717) is 18.5 Å². The molecule has 18 heavy (non-hydrogen) atoms. The van der Waals surface area contributed by atoms with Crippen LogP contribution in [0.4, 0.5) is 0 Å². The zero-order valence-corrected chi connectivity index (χ0v) is 10.7. The summed E-state index contributed by atoms with van der Waals surface area (Å²) < 4.78 is 23.8. The molecule has 0 unspecified atom stereocenters. The fourth-order valence-electron chi connectivity index (χ4n) is 1.95. The van der Waals surface area contributed by atoms with Crippen LogP contribution in [0.1, 0.15) is 11.1 Å². The number of benzene rings is 2. The van der Waals surface area contributed by atoms with Gasteiger partial charge in [0.05, 0.1) is 18.5 Å². The third-order valence-electron chi connectivity index (χ3n) is 2.97. The second kappa shape index (κ2) is 4.69. The van der Waals surface area contributed by atoms with Crippen LogP contribution in [0, 0.1) is 0 Å². The van der Waals surface area contributed by atoms with Crippen molar-refractivity contribution in [2.45, 2.75) is 13.2 Å². The predicted octanol–water partition coefficient (Wildman–Crippen LogP) is 3.25. The minimum absolute atomic E-state index is 0.322. The van der Waals surface area contributed by atoms with Crippen molar-refractivity contribution in [3.8, 4) is 0 Å². The lowest BCUT2D eigenvalue weighted by Gasteiger charge is -2.15. The molecule has 4 heteroatoms. The summed E-state index contributed by atoms with van der Waals surface area (Å²) in [7, 11) is -3.19. The Morgan fingerprint density at radius 2 is 1.28 bits per heavy atom. The molecule has 0 atom stereocenters. The number of rotatable bonds is 1. The maximum absolute atomic E-state index is 12.7. The summed E-state index contributed by atoms with van der Waals surface area (Å²) in [6, 6.07) is 16.9. The topological polar surface area (TPSA) is 35.5 Å². The predicted molar refractivity (Wildman–Crippen MR) is 69.7 cm³/mol. The van der Waals surface area contributed by atoms with Gasteiger partial charge in [0.15, 0.2) is 0 Å². The first-order valence-electron chi connectivity index (χ1n) is 5.79. The van der Waals surface area contributed by atoms with E-state index >= 15 is 0 Å². The van der Waals surface area contributed by atoms with Crippen LogP contribution in [-0.4, -0.2) is 0 Å². The lowest BCUT2D eigenvalue weighted by Crippen LogP contribution is -2.07. The molecule has 2 aromatic rings. The van der Waals surface area contributed by atoms with E-state index < -0.39 is 7.60 Å². The summed E-state index contributed by atoms with van der Waals surface area (Å²) in [5.41, 5.74) is 2.07. The highest BCUT2D eigenvalue weighted by Crippen LogP contribution is 2.50. The average molecular weight is 260 g/mol. The van der Waals surface area contributed by atoms with Crippen molar-refractivity contribution >= 4 is 12.9 Å². The van der Waals surface area contributed by atoms with Crippen molar-refractivity contribution in [2.24, 2.45) is 0 Å². The highest BCUT2D eigenvalue weighted by atomic mass is 31.2. The van der Waals surface area contributed by atoms with Gasteiger partial charge in [-0.3, -0.25) is 4.57 Å². The zero-order valence-electron chi connectivity index (χ0n) is 9.78. The Morgan fingerprint density at radius 1 is 0.778 bits per heavy atom. The molecule has 0 spiro atoms. The van der Waals surface area contributed by atoms with Crippen LogP contribution in [0.5, 0.6) is 0 Å². The van der Waals surface area contributed by atoms with Crippen molar-refractivity contribution in [1.29, 1.82) is 0 Å². The first-order chi connectivity index (χ1) is 8.78. The Kier molecular flexibility index (Phi) is 3.04. The average Bonchev–Trinajstić information content (AvgIpc) is 2.61. The molecule has 0 amide bonds. The monoisotopic (exact) mass is 260 g/mol. The van der Waals surface area contributed by atoms with Crippen LogP contribution in [-0.2, 0) is 26.8 Å². The molecule has 1 aliphatic heterocycles. The minimum Gasteiger partial charge on any atom is -0.300 e. The minimum atomic E-state index is -3.19. The van der Waals surface area contributed by atoms with Gasteiger partial charge < -0.3 is 9.05 Å². The maximum Gasteiger partial charge on any atom is 0.361 e. The van der Waals surface area contributed by atoms with E-state index in [1.165, 1.54) is 0 Å². The zero-order chi connectivity index (χ0) is 12.4. The standard InChI is InChI=1S/C14H13O3P/c15-18(14-8-2-1-3-9-14)16-10-12-6-4-5-7-13(12)11-17-18/h1-9H,10-11H2. The van der Waals surface area contributed by atoms with Crippen LogP contribution in [0.3, 0.4) is 0 Å². The molecule has 0 bridgehead atoms. The van der Waals surface area contributed by atoms with E-state index in [2.05, 4.69) is 0 Å². The molecule has 92 valence electrons. The van der Waals surface area contributed by atoms with Gasteiger partial charge in [-0.15, -0.1) is 0 Å². The van der Waals surface area contributed by atoms with Crippen LogP contribution in [0.15, 0.2) is 54.6 Å². The fraction of sp³-hybridized carbons (Fsp3) is 0.143. The molecule has 3 rings (SSSR count). The largest absolute Gasteiger partial charge is 0.361 e. The number of fused-ring (bicyclic) bond motifs is 1. The SMILES string of the molecule is O=P1(c2ccccc2)OCc2ccccc2CO1. The molecule has 1 aliphatic rings. The van der Waals surface area contributed by atoms with Crippen molar-refractivity contribution < 1.29 is 13.6 Å². The number of hydrogen-bond acceptors (Lipinski definition) is 3. The quantitative estimate of drug-likeness (QED) is 0.738.